The summed E-state index contributed by atoms with van der Waals surface area (Å²) in [5, 5.41) is 2.11. The molecule has 1 unspecified atom stereocenters. The molecular weight excluding hydrogens is 289 g/mol. The Hall–Kier alpha value is -1.87. The molecule has 0 saturated heterocycles. The summed E-state index contributed by atoms with van der Waals surface area (Å²) in [6.45, 7) is 2.33. The van der Waals surface area contributed by atoms with Crippen molar-refractivity contribution in [1.82, 2.24) is 5.32 Å². The summed E-state index contributed by atoms with van der Waals surface area (Å²) in [7, 11) is 0. The molecule has 0 radical (unpaired) electrons. The second kappa shape index (κ2) is 7.23. The number of aryl methyl sites for hydroxylation is 1. The van der Waals surface area contributed by atoms with Crippen molar-refractivity contribution < 1.29 is 9.18 Å². The highest BCUT2D eigenvalue weighted by molar-refractivity contribution is 6.30. The van der Waals surface area contributed by atoms with Gasteiger partial charge in [0.15, 0.2) is 0 Å². The summed E-state index contributed by atoms with van der Waals surface area (Å²) in [6, 6.07) is 13.9. The third-order valence-corrected chi connectivity index (χ3v) is 3.77. The van der Waals surface area contributed by atoms with Crippen LogP contribution in [0.15, 0.2) is 48.5 Å². The predicted molar refractivity (Wildman–Crippen MR) is 82.9 cm³/mol. The maximum Gasteiger partial charge on any atom is 0.242 e. The van der Waals surface area contributed by atoms with Gasteiger partial charge in [0.1, 0.15) is 11.2 Å². The van der Waals surface area contributed by atoms with Gasteiger partial charge in [0, 0.05) is 6.54 Å². The van der Waals surface area contributed by atoms with Crippen molar-refractivity contribution in [3.63, 3.8) is 0 Å². The van der Waals surface area contributed by atoms with E-state index in [0.717, 1.165) is 16.7 Å². The molecule has 2 nitrogen and oxygen atoms in total. The number of rotatable bonds is 5. The maximum atomic E-state index is 13.0. The second-order valence-electron chi connectivity index (χ2n) is 4.89. The Labute approximate surface area is 128 Å². The molecule has 0 fully saturated rings. The topological polar surface area (TPSA) is 29.1 Å². The van der Waals surface area contributed by atoms with E-state index in [1.54, 1.807) is 6.07 Å². The van der Waals surface area contributed by atoms with Crippen molar-refractivity contribution in [2.75, 3.05) is 6.54 Å². The highest BCUT2D eigenvalue weighted by Crippen LogP contribution is 2.19. The zero-order valence-corrected chi connectivity index (χ0v) is 12.5. The molecule has 1 atom stereocenters. The maximum absolute atomic E-state index is 13.0. The van der Waals surface area contributed by atoms with Gasteiger partial charge in [0.05, 0.1) is 0 Å². The highest BCUT2D eigenvalue weighted by atomic mass is 35.5. The molecule has 4 heteroatoms. The summed E-state index contributed by atoms with van der Waals surface area (Å²) in [5.74, 6) is -0.465. The first kappa shape index (κ1) is 15.5. The van der Waals surface area contributed by atoms with E-state index >= 15 is 0 Å². The van der Waals surface area contributed by atoms with Crippen LogP contribution in [0.1, 0.15) is 22.1 Å². The summed E-state index contributed by atoms with van der Waals surface area (Å²) in [5.41, 5.74) is 2.67. The summed E-state index contributed by atoms with van der Waals surface area (Å²) in [4.78, 5) is 12.0. The van der Waals surface area contributed by atoms with Gasteiger partial charge in [-0.3, -0.25) is 4.79 Å². The molecule has 0 saturated carbocycles. The van der Waals surface area contributed by atoms with E-state index in [9.17, 15) is 9.18 Å². The Morgan fingerprint density at radius 3 is 2.62 bits per heavy atom. The SMILES string of the molecule is Cc1cc(F)ccc1CCNC(=O)C(Cl)c1ccccc1. The van der Waals surface area contributed by atoms with E-state index in [1.807, 2.05) is 37.3 Å². The van der Waals surface area contributed by atoms with Gasteiger partial charge in [-0.25, -0.2) is 4.39 Å². The second-order valence-corrected chi connectivity index (χ2v) is 5.32. The number of benzene rings is 2. The van der Waals surface area contributed by atoms with Crippen LogP contribution in [0.3, 0.4) is 0 Å². The first-order valence-electron chi connectivity index (χ1n) is 6.79. The van der Waals surface area contributed by atoms with Gasteiger partial charge >= 0.3 is 0 Å². The first-order valence-corrected chi connectivity index (χ1v) is 7.23. The summed E-state index contributed by atoms with van der Waals surface area (Å²) < 4.78 is 13.0. The van der Waals surface area contributed by atoms with Crippen molar-refractivity contribution in [1.29, 1.82) is 0 Å². The molecule has 2 aromatic carbocycles. The molecule has 2 aromatic rings. The molecule has 0 aliphatic rings. The average Bonchev–Trinajstić information content (AvgIpc) is 2.49. The average molecular weight is 306 g/mol. The van der Waals surface area contributed by atoms with Gasteiger partial charge in [0.25, 0.3) is 0 Å². The molecule has 0 spiro atoms. The fourth-order valence-electron chi connectivity index (χ4n) is 2.12. The van der Waals surface area contributed by atoms with Gasteiger partial charge < -0.3 is 5.32 Å². The van der Waals surface area contributed by atoms with Gasteiger partial charge in [-0.15, -0.1) is 11.6 Å². The quantitative estimate of drug-likeness (QED) is 0.837. The number of hydrogen-bond donors (Lipinski definition) is 1. The van der Waals surface area contributed by atoms with Crippen LogP contribution in [0.4, 0.5) is 4.39 Å². The van der Waals surface area contributed by atoms with E-state index < -0.39 is 5.38 Å². The lowest BCUT2D eigenvalue weighted by molar-refractivity contribution is -0.120. The number of nitrogens with one attached hydrogen (secondary N) is 1. The van der Waals surface area contributed by atoms with Crippen molar-refractivity contribution in [3.05, 3.63) is 71.0 Å². The van der Waals surface area contributed by atoms with Crippen LogP contribution in [0.5, 0.6) is 0 Å². The van der Waals surface area contributed by atoms with Crippen molar-refractivity contribution >= 4 is 17.5 Å². The third kappa shape index (κ3) is 4.30. The number of amides is 1. The van der Waals surface area contributed by atoms with Crippen LogP contribution in [0.25, 0.3) is 0 Å². The minimum Gasteiger partial charge on any atom is -0.354 e. The van der Waals surface area contributed by atoms with E-state index in [-0.39, 0.29) is 11.7 Å². The van der Waals surface area contributed by atoms with Crippen molar-refractivity contribution in [2.24, 2.45) is 0 Å². The van der Waals surface area contributed by atoms with Gasteiger partial charge in [-0.1, -0.05) is 36.4 Å². The van der Waals surface area contributed by atoms with E-state index in [1.165, 1.54) is 12.1 Å². The van der Waals surface area contributed by atoms with Crippen molar-refractivity contribution in [2.45, 2.75) is 18.7 Å². The highest BCUT2D eigenvalue weighted by Gasteiger charge is 2.16. The minimum absolute atomic E-state index is 0.220. The molecule has 0 bridgehead atoms. The molecular formula is C17H17ClFNO. The molecule has 2 rings (SSSR count). The van der Waals surface area contributed by atoms with Gasteiger partial charge in [0.2, 0.25) is 5.91 Å². The molecule has 0 aliphatic carbocycles. The third-order valence-electron chi connectivity index (χ3n) is 3.32. The molecule has 1 N–H and O–H groups in total. The standard InChI is InChI=1S/C17H17ClFNO/c1-12-11-15(19)8-7-13(12)9-10-20-17(21)16(18)14-5-3-2-4-6-14/h2-8,11,16H,9-10H2,1H3,(H,20,21). The zero-order chi connectivity index (χ0) is 15.2. The predicted octanol–water partition coefficient (Wildman–Crippen LogP) is 3.77. The lowest BCUT2D eigenvalue weighted by atomic mass is 10.1. The normalized spacial score (nSPS) is 12.0. The zero-order valence-electron chi connectivity index (χ0n) is 11.8. The van der Waals surface area contributed by atoms with Crippen LogP contribution < -0.4 is 5.32 Å². The molecule has 21 heavy (non-hydrogen) atoms. The molecule has 110 valence electrons. The van der Waals surface area contributed by atoms with Crippen molar-refractivity contribution in [3.8, 4) is 0 Å². The molecule has 0 aromatic heterocycles. The van der Waals surface area contributed by atoms with E-state index in [4.69, 9.17) is 11.6 Å². The number of halogens is 2. The number of hydrogen-bond acceptors (Lipinski definition) is 1. The van der Waals surface area contributed by atoms with Crippen LogP contribution >= 0.6 is 11.6 Å². The Morgan fingerprint density at radius 1 is 1.24 bits per heavy atom. The van der Waals surface area contributed by atoms with E-state index in [2.05, 4.69) is 5.32 Å². The smallest absolute Gasteiger partial charge is 0.242 e. The van der Waals surface area contributed by atoms with Crippen LogP contribution in [0, 0.1) is 12.7 Å². The largest absolute Gasteiger partial charge is 0.354 e. The monoisotopic (exact) mass is 305 g/mol. The lowest BCUT2D eigenvalue weighted by Crippen LogP contribution is -2.29. The Balaban J connectivity index is 1.87. The number of carbonyl (C=O) groups excluding carboxylic acids is 1. The van der Waals surface area contributed by atoms with Gasteiger partial charge in [-0.2, -0.15) is 0 Å². The fourth-order valence-corrected chi connectivity index (χ4v) is 2.35. The molecule has 0 heterocycles. The first-order chi connectivity index (χ1) is 10.1. The van der Waals surface area contributed by atoms with Crippen LogP contribution in [0.2, 0.25) is 0 Å². The summed E-state index contributed by atoms with van der Waals surface area (Å²) in [6.07, 6.45) is 0.649. The summed E-state index contributed by atoms with van der Waals surface area (Å²) >= 11 is 6.13. The van der Waals surface area contributed by atoms with Crippen LogP contribution in [-0.4, -0.2) is 12.5 Å². The molecule has 0 aliphatic heterocycles. The minimum atomic E-state index is -0.694. The lowest BCUT2D eigenvalue weighted by Gasteiger charge is -2.11. The Bertz CT molecular complexity index is 615. The Morgan fingerprint density at radius 2 is 1.95 bits per heavy atom. The number of carbonyl (C=O) groups is 1. The molecule has 1 amide bonds. The fraction of sp³-hybridized carbons (Fsp3) is 0.235. The van der Waals surface area contributed by atoms with Gasteiger partial charge in [-0.05, 0) is 42.2 Å². The Kier molecular flexibility index (Phi) is 5.34. The number of alkyl halides is 1. The van der Waals surface area contributed by atoms with E-state index in [0.29, 0.717) is 13.0 Å². The van der Waals surface area contributed by atoms with Crippen LogP contribution in [-0.2, 0) is 11.2 Å².